The van der Waals surface area contributed by atoms with Gasteiger partial charge in [-0.25, -0.2) is 5.43 Å². The summed E-state index contributed by atoms with van der Waals surface area (Å²) in [5.41, 5.74) is 3.87. The topological polar surface area (TPSA) is 59.9 Å². The van der Waals surface area contributed by atoms with Gasteiger partial charge in [-0.2, -0.15) is 5.10 Å². The fraction of sp³-hybridized carbons (Fsp3) is 0.440. The van der Waals surface area contributed by atoms with Crippen molar-refractivity contribution < 1.29 is 14.3 Å². The molecule has 0 aliphatic carbocycles. The average molecular weight is 411 g/mol. The minimum Gasteiger partial charge on any atom is -0.496 e. The van der Waals surface area contributed by atoms with E-state index in [-0.39, 0.29) is 5.91 Å². The molecule has 0 saturated heterocycles. The maximum Gasteiger partial charge on any atom is 0.271 e. The van der Waals surface area contributed by atoms with E-state index in [0.29, 0.717) is 17.9 Å². The molecule has 162 valence electrons. The number of rotatable bonds is 14. The molecule has 0 bridgehead atoms. The zero-order valence-electron chi connectivity index (χ0n) is 18.2. The van der Waals surface area contributed by atoms with Gasteiger partial charge in [0.15, 0.2) is 0 Å². The molecule has 2 aromatic rings. The van der Waals surface area contributed by atoms with Gasteiger partial charge >= 0.3 is 0 Å². The van der Waals surface area contributed by atoms with Crippen LogP contribution in [0, 0.1) is 0 Å². The Bertz CT molecular complexity index is 772. The number of nitrogens with one attached hydrogen (secondary N) is 1. The number of benzene rings is 2. The predicted octanol–water partition coefficient (Wildman–Crippen LogP) is 5.98. The second kappa shape index (κ2) is 14.2. The monoisotopic (exact) mass is 410 g/mol. The van der Waals surface area contributed by atoms with Crippen LogP contribution in [0.25, 0.3) is 0 Å². The lowest BCUT2D eigenvalue weighted by molar-refractivity contribution is 0.0955. The maximum absolute atomic E-state index is 12.2. The van der Waals surface area contributed by atoms with Gasteiger partial charge < -0.3 is 9.47 Å². The Kier molecular flexibility index (Phi) is 11.1. The molecular weight excluding hydrogens is 376 g/mol. The second-order valence-electron chi connectivity index (χ2n) is 7.29. The Hall–Kier alpha value is -2.82. The molecule has 30 heavy (non-hydrogen) atoms. The number of carbonyl (C=O) groups is 1. The Morgan fingerprint density at radius 3 is 2.30 bits per heavy atom. The van der Waals surface area contributed by atoms with Crippen LogP contribution in [0.2, 0.25) is 0 Å². The van der Waals surface area contributed by atoms with E-state index in [1.165, 1.54) is 44.9 Å². The van der Waals surface area contributed by atoms with E-state index in [1.54, 1.807) is 25.5 Å². The molecule has 1 amide bonds. The largest absolute Gasteiger partial charge is 0.496 e. The first kappa shape index (κ1) is 23.5. The van der Waals surface area contributed by atoms with E-state index in [1.807, 2.05) is 36.4 Å². The standard InChI is InChI=1S/C25H34N2O3/c1-3-4-5-6-7-8-9-12-19-30-23-17-15-21(16-18-23)25(28)27-26-20-22-13-10-11-14-24(22)29-2/h10-11,13-18,20H,3-9,12,19H2,1-2H3,(H,27,28)/b26-20+. The van der Waals surface area contributed by atoms with Crippen molar-refractivity contribution in [1.82, 2.24) is 5.43 Å². The van der Waals surface area contributed by atoms with Gasteiger partial charge in [0.25, 0.3) is 5.91 Å². The van der Waals surface area contributed by atoms with Crippen LogP contribution in [-0.2, 0) is 0 Å². The van der Waals surface area contributed by atoms with Crippen molar-refractivity contribution in [2.75, 3.05) is 13.7 Å². The summed E-state index contributed by atoms with van der Waals surface area (Å²) in [4.78, 5) is 12.2. The summed E-state index contributed by atoms with van der Waals surface area (Å²) in [6.07, 6.45) is 11.8. The van der Waals surface area contributed by atoms with Crippen molar-refractivity contribution in [3.8, 4) is 11.5 Å². The number of hydrogen-bond acceptors (Lipinski definition) is 4. The molecule has 0 spiro atoms. The van der Waals surface area contributed by atoms with Crippen molar-refractivity contribution in [3.63, 3.8) is 0 Å². The van der Waals surface area contributed by atoms with Gasteiger partial charge in [-0.3, -0.25) is 4.79 Å². The van der Waals surface area contributed by atoms with Crippen molar-refractivity contribution in [2.24, 2.45) is 5.10 Å². The van der Waals surface area contributed by atoms with Crippen LogP contribution in [0.5, 0.6) is 11.5 Å². The smallest absolute Gasteiger partial charge is 0.271 e. The molecule has 0 unspecified atom stereocenters. The minimum absolute atomic E-state index is 0.268. The number of hydrazone groups is 1. The van der Waals surface area contributed by atoms with Crippen molar-refractivity contribution in [2.45, 2.75) is 58.3 Å². The number of hydrogen-bond donors (Lipinski definition) is 1. The van der Waals surface area contributed by atoms with E-state index in [9.17, 15) is 4.79 Å². The van der Waals surface area contributed by atoms with Gasteiger partial charge in [0, 0.05) is 11.1 Å². The van der Waals surface area contributed by atoms with E-state index in [4.69, 9.17) is 9.47 Å². The highest BCUT2D eigenvalue weighted by Gasteiger charge is 2.05. The summed E-state index contributed by atoms with van der Waals surface area (Å²) < 4.78 is 11.0. The molecule has 0 atom stereocenters. The summed E-state index contributed by atoms with van der Waals surface area (Å²) in [6, 6.07) is 14.6. The molecule has 1 N–H and O–H groups in total. The molecule has 2 rings (SSSR count). The summed E-state index contributed by atoms with van der Waals surface area (Å²) in [5, 5.41) is 4.01. The Morgan fingerprint density at radius 2 is 1.60 bits per heavy atom. The van der Waals surface area contributed by atoms with Gasteiger partial charge in [-0.05, 0) is 42.8 Å². The zero-order chi connectivity index (χ0) is 21.4. The molecule has 5 heteroatoms. The number of amides is 1. The molecule has 0 aliphatic rings. The Labute approximate surface area is 180 Å². The average Bonchev–Trinajstić information content (AvgIpc) is 2.78. The van der Waals surface area contributed by atoms with Crippen LogP contribution in [-0.4, -0.2) is 25.8 Å². The van der Waals surface area contributed by atoms with Crippen LogP contribution in [0.1, 0.15) is 74.2 Å². The molecule has 0 heterocycles. The van der Waals surface area contributed by atoms with Gasteiger partial charge in [0.2, 0.25) is 0 Å². The van der Waals surface area contributed by atoms with Crippen LogP contribution < -0.4 is 14.9 Å². The SMILES string of the molecule is CCCCCCCCCCOc1ccc(C(=O)N/N=C/c2ccccc2OC)cc1. The van der Waals surface area contributed by atoms with Crippen LogP contribution >= 0.6 is 0 Å². The van der Waals surface area contributed by atoms with Gasteiger partial charge in [-0.15, -0.1) is 0 Å². The highest BCUT2D eigenvalue weighted by molar-refractivity contribution is 5.95. The lowest BCUT2D eigenvalue weighted by Gasteiger charge is -2.07. The normalized spacial score (nSPS) is 10.9. The summed E-state index contributed by atoms with van der Waals surface area (Å²) in [5.74, 6) is 1.22. The number of para-hydroxylation sites is 1. The fourth-order valence-corrected chi connectivity index (χ4v) is 3.13. The zero-order valence-corrected chi connectivity index (χ0v) is 18.2. The number of nitrogens with zero attached hydrogens (tertiary/aromatic N) is 1. The Morgan fingerprint density at radius 1 is 0.933 bits per heavy atom. The number of unbranched alkanes of at least 4 members (excludes halogenated alkanes) is 7. The highest BCUT2D eigenvalue weighted by atomic mass is 16.5. The summed E-state index contributed by atoms with van der Waals surface area (Å²) >= 11 is 0. The van der Waals surface area contributed by atoms with E-state index < -0.39 is 0 Å². The second-order valence-corrected chi connectivity index (χ2v) is 7.29. The quantitative estimate of drug-likeness (QED) is 0.237. The van der Waals surface area contributed by atoms with Gasteiger partial charge in [-0.1, -0.05) is 64.0 Å². The van der Waals surface area contributed by atoms with Crippen LogP contribution in [0.15, 0.2) is 53.6 Å². The number of ether oxygens (including phenoxy) is 2. The lowest BCUT2D eigenvalue weighted by atomic mass is 10.1. The van der Waals surface area contributed by atoms with Crippen molar-refractivity contribution in [1.29, 1.82) is 0 Å². The molecule has 5 nitrogen and oxygen atoms in total. The molecule has 2 aromatic carbocycles. The first-order valence-corrected chi connectivity index (χ1v) is 10.9. The minimum atomic E-state index is -0.268. The maximum atomic E-state index is 12.2. The molecular formula is C25H34N2O3. The Balaban J connectivity index is 1.67. The van der Waals surface area contributed by atoms with Crippen molar-refractivity contribution in [3.05, 3.63) is 59.7 Å². The molecule has 0 fully saturated rings. The molecule has 0 radical (unpaired) electrons. The third-order valence-electron chi connectivity index (χ3n) is 4.89. The first-order chi connectivity index (χ1) is 14.7. The lowest BCUT2D eigenvalue weighted by Crippen LogP contribution is -2.17. The number of carbonyl (C=O) groups excluding carboxylic acids is 1. The van der Waals surface area contributed by atoms with Crippen LogP contribution in [0.3, 0.4) is 0 Å². The fourth-order valence-electron chi connectivity index (χ4n) is 3.13. The van der Waals surface area contributed by atoms with E-state index in [0.717, 1.165) is 17.7 Å². The van der Waals surface area contributed by atoms with Crippen molar-refractivity contribution >= 4 is 12.1 Å². The number of methoxy groups -OCH3 is 1. The third kappa shape index (κ3) is 8.68. The van der Waals surface area contributed by atoms with Gasteiger partial charge in [0.1, 0.15) is 11.5 Å². The molecule has 0 saturated carbocycles. The molecule has 0 aliphatic heterocycles. The molecule has 0 aromatic heterocycles. The summed E-state index contributed by atoms with van der Waals surface area (Å²) in [6.45, 7) is 2.96. The van der Waals surface area contributed by atoms with E-state index in [2.05, 4.69) is 17.5 Å². The third-order valence-corrected chi connectivity index (χ3v) is 4.89. The van der Waals surface area contributed by atoms with Gasteiger partial charge in [0.05, 0.1) is 19.9 Å². The summed E-state index contributed by atoms with van der Waals surface area (Å²) in [7, 11) is 1.60. The predicted molar refractivity (Wildman–Crippen MR) is 123 cm³/mol. The highest BCUT2D eigenvalue weighted by Crippen LogP contribution is 2.15. The van der Waals surface area contributed by atoms with E-state index >= 15 is 0 Å². The first-order valence-electron chi connectivity index (χ1n) is 10.9. The van der Waals surface area contributed by atoms with Crippen LogP contribution in [0.4, 0.5) is 0 Å².